The van der Waals surface area contributed by atoms with E-state index in [1.165, 1.54) is 0 Å². The molecule has 0 saturated carbocycles. The quantitative estimate of drug-likeness (QED) is 0.717. The molecule has 3 rings (SSSR count). The average molecular weight is 282 g/mol. The Labute approximate surface area is 123 Å². The van der Waals surface area contributed by atoms with Gasteiger partial charge < -0.3 is 9.26 Å². The smallest absolute Gasteiger partial charge is 0.139 e. The molecule has 0 atom stereocenters. The first-order valence-corrected chi connectivity index (χ1v) is 7.01. The number of fused-ring (bicyclic) bond motifs is 1. The van der Waals surface area contributed by atoms with E-state index in [0.717, 1.165) is 39.4 Å². The Morgan fingerprint density at radius 3 is 2.57 bits per heavy atom. The molecular weight excluding hydrogens is 264 g/mol. The lowest BCUT2D eigenvalue weighted by molar-refractivity contribution is 0.373. The van der Waals surface area contributed by atoms with Crippen LogP contribution in [0.15, 0.2) is 34.9 Å². The molecule has 0 bridgehead atoms. The molecule has 2 heterocycles. The summed E-state index contributed by atoms with van der Waals surface area (Å²) in [7, 11) is 1.67. The maximum absolute atomic E-state index is 5.35. The van der Waals surface area contributed by atoms with Crippen molar-refractivity contribution in [1.29, 1.82) is 0 Å². The highest BCUT2D eigenvalue weighted by atomic mass is 16.5. The van der Waals surface area contributed by atoms with Gasteiger partial charge in [-0.05, 0) is 30.7 Å². The van der Waals surface area contributed by atoms with E-state index in [0.29, 0.717) is 5.92 Å². The van der Waals surface area contributed by atoms with Gasteiger partial charge >= 0.3 is 0 Å². The molecule has 0 saturated heterocycles. The summed E-state index contributed by atoms with van der Waals surface area (Å²) < 4.78 is 10.6. The van der Waals surface area contributed by atoms with Crippen molar-refractivity contribution in [3.05, 3.63) is 41.7 Å². The van der Waals surface area contributed by atoms with E-state index >= 15 is 0 Å². The van der Waals surface area contributed by atoms with E-state index in [1.54, 1.807) is 7.11 Å². The van der Waals surface area contributed by atoms with Crippen LogP contribution in [-0.2, 0) is 0 Å². The summed E-state index contributed by atoms with van der Waals surface area (Å²) in [6, 6.07) is 9.93. The monoisotopic (exact) mass is 282 g/mol. The van der Waals surface area contributed by atoms with E-state index in [1.807, 2.05) is 37.3 Å². The summed E-state index contributed by atoms with van der Waals surface area (Å²) in [4.78, 5) is 4.72. The lowest BCUT2D eigenvalue weighted by Gasteiger charge is -2.06. The molecular formula is C17H18N2O2. The molecule has 1 aromatic carbocycles. The molecule has 0 unspecified atom stereocenters. The molecule has 2 aromatic heterocycles. The Bertz CT molecular complexity index is 791. The normalized spacial score (nSPS) is 11.3. The number of hydrogen-bond acceptors (Lipinski definition) is 4. The SMILES string of the molecule is COc1cc(C)c2nc(-c3cc(C(C)C)on3)ccc2c1. The Kier molecular flexibility index (Phi) is 3.37. The number of aryl methyl sites for hydroxylation is 1. The van der Waals surface area contributed by atoms with Crippen LogP contribution in [0.3, 0.4) is 0 Å². The van der Waals surface area contributed by atoms with Gasteiger partial charge in [-0.15, -0.1) is 0 Å². The molecule has 0 aliphatic heterocycles. The molecule has 4 nitrogen and oxygen atoms in total. The Hall–Kier alpha value is -2.36. The summed E-state index contributed by atoms with van der Waals surface area (Å²) in [5.41, 5.74) is 3.64. The second-order valence-electron chi connectivity index (χ2n) is 5.48. The van der Waals surface area contributed by atoms with Gasteiger partial charge in [-0.2, -0.15) is 0 Å². The molecule has 0 spiro atoms. The number of ether oxygens (including phenoxy) is 1. The number of nitrogens with zero attached hydrogens (tertiary/aromatic N) is 2. The van der Waals surface area contributed by atoms with E-state index in [-0.39, 0.29) is 0 Å². The van der Waals surface area contributed by atoms with Crippen molar-refractivity contribution in [3.63, 3.8) is 0 Å². The van der Waals surface area contributed by atoms with Crippen molar-refractivity contribution in [3.8, 4) is 17.1 Å². The maximum atomic E-state index is 5.35. The maximum Gasteiger partial charge on any atom is 0.139 e. The van der Waals surface area contributed by atoms with Crippen LogP contribution in [0.25, 0.3) is 22.3 Å². The zero-order valence-corrected chi connectivity index (χ0v) is 12.7. The Morgan fingerprint density at radius 2 is 1.90 bits per heavy atom. The third-order valence-corrected chi connectivity index (χ3v) is 3.55. The largest absolute Gasteiger partial charge is 0.497 e. The van der Waals surface area contributed by atoms with E-state index in [9.17, 15) is 0 Å². The fraction of sp³-hybridized carbons (Fsp3) is 0.294. The summed E-state index contributed by atoms with van der Waals surface area (Å²) in [6.45, 7) is 6.19. The molecule has 0 N–H and O–H groups in total. The van der Waals surface area contributed by atoms with Crippen molar-refractivity contribution in [2.45, 2.75) is 26.7 Å². The molecule has 0 aliphatic rings. The highest BCUT2D eigenvalue weighted by Gasteiger charge is 2.12. The summed E-state index contributed by atoms with van der Waals surface area (Å²) in [5, 5.41) is 5.17. The second-order valence-corrected chi connectivity index (χ2v) is 5.48. The van der Waals surface area contributed by atoms with Gasteiger partial charge in [-0.25, -0.2) is 4.98 Å². The highest BCUT2D eigenvalue weighted by molar-refractivity contribution is 5.85. The lowest BCUT2D eigenvalue weighted by Crippen LogP contribution is -1.90. The third-order valence-electron chi connectivity index (χ3n) is 3.55. The van der Waals surface area contributed by atoms with Crippen molar-refractivity contribution in [1.82, 2.24) is 10.1 Å². The number of aromatic nitrogens is 2. The molecule has 108 valence electrons. The Balaban J connectivity index is 2.10. The predicted molar refractivity (Wildman–Crippen MR) is 82.6 cm³/mol. The van der Waals surface area contributed by atoms with Gasteiger partial charge in [0.1, 0.15) is 17.2 Å². The summed E-state index contributed by atoms with van der Waals surface area (Å²) >= 11 is 0. The van der Waals surface area contributed by atoms with Crippen LogP contribution in [-0.4, -0.2) is 17.3 Å². The summed E-state index contributed by atoms with van der Waals surface area (Å²) in [5.74, 6) is 2.04. The van der Waals surface area contributed by atoms with Gasteiger partial charge in [0.25, 0.3) is 0 Å². The molecule has 3 aromatic rings. The minimum absolute atomic E-state index is 0.317. The van der Waals surface area contributed by atoms with Crippen molar-refractivity contribution < 1.29 is 9.26 Å². The van der Waals surface area contributed by atoms with E-state index in [2.05, 4.69) is 19.0 Å². The minimum Gasteiger partial charge on any atom is -0.497 e. The van der Waals surface area contributed by atoms with Crippen LogP contribution in [0.4, 0.5) is 0 Å². The van der Waals surface area contributed by atoms with Crippen LogP contribution in [0.2, 0.25) is 0 Å². The molecule has 21 heavy (non-hydrogen) atoms. The molecule has 0 radical (unpaired) electrons. The van der Waals surface area contributed by atoms with E-state index in [4.69, 9.17) is 14.2 Å². The van der Waals surface area contributed by atoms with Crippen molar-refractivity contribution >= 4 is 10.9 Å². The topological polar surface area (TPSA) is 48.2 Å². The van der Waals surface area contributed by atoms with Crippen LogP contribution in [0.5, 0.6) is 5.75 Å². The van der Waals surface area contributed by atoms with Gasteiger partial charge in [-0.3, -0.25) is 0 Å². The van der Waals surface area contributed by atoms with Crippen LogP contribution < -0.4 is 4.74 Å². The van der Waals surface area contributed by atoms with Gasteiger partial charge in [0.15, 0.2) is 0 Å². The number of pyridine rings is 1. The molecule has 0 aliphatic carbocycles. The fourth-order valence-electron chi connectivity index (χ4n) is 2.32. The highest BCUT2D eigenvalue weighted by Crippen LogP contribution is 2.27. The van der Waals surface area contributed by atoms with Crippen molar-refractivity contribution in [2.75, 3.05) is 7.11 Å². The molecule has 0 amide bonds. The van der Waals surface area contributed by atoms with Gasteiger partial charge in [0, 0.05) is 17.4 Å². The van der Waals surface area contributed by atoms with Crippen LogP contribution >= 0.6 is 0 Å². The molecule has 4 heteroatoms. The third kappa shape index (κ3) is 2.49. The number of benzene rings is 1. The van der Waals surface area contributed by atoms with Gasteiger partial charge in [-0.1, -0.05) is 25.1 Å². The first kappa shape index (κ1) is 13.6. The standard InChI is InChI=1S/C17H18N2O2/c1-10(2)16-9-15(19-21-16)14-6-5-12-8-13(20-4)7-11(3)17(12)18-14/h5-10H,1-4H3. The van der Waals surface area contributed by atoms with E-state index < -0.39 is 0 Å². The zero-order valence-electron chi connectivity index (χ0n) is 12.7. The van der Waals surface area contributed by atoms with Gasteiger partial charge in [0.05, 0.1) is 18.3 Å². The van der Waals surface area contributed by atoms with Crippen LogP contribution in [0.1, 0.15) is 31.1 Å². The number of rotatable bonds is 3. The van der Waals surface area contributed by atoms with Crippen molar-refractivity contribution in [2.24, 2.45) is 0 Å². The lowest BCUT2D eigenvalue weighted by atomic mass is 10.1. The predicted octanol–water partition coefficient (Wildman–Crippen LogP) is 4.33. The summed E-state index contributed by atoms with van der Waals surface area (Å²) in [6.07, 6.45) is 0. The fourth-order valence-corrected chi connectivity index (χ4v) is 2.32. The zero-order chi connectivity index (χ0) is 15.0. The second kappa shape index (κ2) is 5.20. The first-order valence-electron chi connectivity index (χ1n) is 7.01. The van der Waals surface area contributed by atoms with Gasteiger partial charge in [0.2, 0.25) is 0 Å². The Morgan fingerprint density at radius 1 is 1.10 bits per heavy atom. The number of hydrogen-bond donors (Lipinski definition) is 0. The number of methoxy groups -OCH3 is 1. The van der Waals surface area contributed by atoms with Crippen LogP contribution in [0, 0.1) is 6.92 Å². The minimum atomic E-state index is 0.317. The first-order chi connectivity index (χ1) is 10.1. The molecule has 0 fully saturated rings. The average Bonchev–Trinajstić information content (AvgIpc) is 2.97.